The van der Waals surface area contributed by atoms with E-state index in [-0.39, 0.29) is 17.1 Å². The molecular weight excluding hydrogens is 312 g/mol. The summed E-state index contributed by atoms with van der Waals surface area (Å²) in [7, 11) is 0. The second-order valence-corrected chi connectivity index (χ2v) is 8.24. The zero-order chi connectivity index (χ0) is 15.8. The molecule has 3 aliphatic rings. The predicted molar refractivity (Wildman–Crippen MR) is 90.1 cm³/mol. The molecule has 128 valence electrons. The van der Waals surface area contributed by atoms with E-state index in [0.717, 1.165) is 52.0 Å². The van der Waals surface area contributed by atoms with Gasteiger partial charge in [-0.3, -0.25) is 14.3 Å². The second-order valence-electron chi connectivity index (χ2n) is 7.19. The third-order valence-electron chi connectivity index (χ3n) is 5.38. The zero-order valence-corrected chi connectivity index (χ0v) is 14.6. The van der Waals surface area contributed by atoms with Gasteiger partial charge < -0.3 is 9.47 Å². The molecule has 5 nitrogen and oxygen atoms in total. The van der Waals surface area contributed by atoms with Crippen LogP contribution in [0.15, 0.2) is 4.79 Å². The second kappa shape index (κ2) is 6.67. The summed E-state index contributed by atoms with van der Waals surface area (Å²) < 4.78 is 13.7. The van der Waals surface area contributed by atoms with Crippen molar-refractivity contribution in [2.45, 2.75) is 57.9 Å². The number of nitrogens with zero attached hydrogens (tertiary/aromatic N) is 2. The first-order valence-electron chi connectivity index (χ1n) is 8.87. The number of hydrogen-bond donors (Lipinski definition) is 0. The van der Waals surface area contributed by atoms with E-state index in [2.05, 4.69) is 11.8 Å². The largest absolute Gasteiger partial charge is 0.375 e. The Kier molecular flexibility index (Phi) is 4.58. The molecule has 4 rings (SSSR count). The quantitative estimate of drug-likeness (QED) is 0.844. The van der Waals surface area contributed by atoms with Crippen molar-refractivity contribution in [3.05, 3.63) is 20.2 Å². The van der Waals surface area contributed by atoms with E-state index < -0.39 is 0 Å². The minimum Gasteiger partial charge on any atom is -0.375 e. The van der Waals surface area contributed by atoms with Gasteiger partial charge in [-0.05, 0) is 38.0 Å². The van der Waals surface area contributed by atoms with Gasteiger partial charge in [-0.1, -0.05) is 18.3 Å². The maximum Gasteiger partial charge on any atom is 0.308 e. The highest BCUT2D eigenvalue weighted by Crippen LogP contribution is 2.28. The number of hydrogen-bond acceptors (Lipinski definition) is 5. The number of fused-ring (bicyclic) bond motifs is 1. The molecule has 6 heteroatoms. The van der Waals surface area contributed by atoms with Crippen molar-refractivity contribution >= 4 is 11.3 Å². The molecule has 3 unspecified atom stereocenters. The van der Waals surface area contributed by atoms with Gasteiger partial charge in [0.1, 0.15) is 0 Å². The number of morpholine rings is 1. The molecule has 0 aromatic carbocycles. The smallest absolute Gasteiger partial charge is 0.308 e. The molecule has 2 saturated heterocycles. The van der Waals surface area contributed by atoms with Gasteiger partial charge in [-0.2, -0.15) is 0 Å². The molecule has 3 atom stereocenters. The lowest BCUT2D eigenvalue weighted by atomic mass is 9.93. The SMILES string of the molecule is CC1CCc2c(sc(=O)n2CN2CCOC(C3CCCO3)C2)C1. The van der Waals surface area contributed by atoms with E-state index in [1.165, 1.54) is 28.3 Å². The molecule has 0 spiro atoms. The van der Waals surface area contributed by atoms with Gasteiger partial charge in [0.2, 0.25) is 0 Å². The molecule has 1 aromatic rings. The standard InChI is InChI=1S/C17H26N2O3S/c1-12-4-5-13-16(9-12)23-17(20)19(13)11-18-6-8-22-15(10-18)14-3-2-7-21-14/h12,14-15H,2-11H2,1H3. The number of rotatable bonds is 3. The van der Waals surface area contributed by atoms with Crippen molar-refractivity contribution in [1.29, 1.82) is 0 Å². The van der Waals surface area contributed by atoms with Gasteiger partial charge in [0.15, 0.2) is 0 Å². The highest BCUT2D eigenvalue weighted by molar-refractivity contribution is 7.09. The molecule has 0 bridgehead atoms. The monoisotopic (exact) mass is 338 g/mol. The summed E-state index contributed by atoms with van der Waals surface area (Å²) in [6.45, 7) is 6.37. The Morgan fingerprint density at radius 1 is 1.22 bits per heavy atom. The number of ether oxygens (including phenoxy) is 2. The first kappa shape index (κ1) is 15.8. The Bertz CT molecular complexity index is 605. The maximum atomic E-state index is 12.4. The number of thiazole rings is 1. The molecule has 0 radical (unpaired) electrons. The Balaban J connectivity index is 1.46. The molecule has 0 amide bonds. The minimum absolute atomic E-state index is 0.163. The molecule has 1 aromatic heterocycles. The van der Waals surface area contributed by atoms with Crippen LogP contribution in [0.4, 0.5) is 0 Å². The van der Waals surface area contributed by atoms with Crippen molar-refractivity contribution in [1.82, 2.24) is 9.47 Å². The van der Waals surface area contributed by atoms with Gasteiger partial charge in [0.25, 0.3) is 0 Å². The van der Waals surface area contributed by atoms with Crippen LogP contribution in [0, 0.1) is 5.92 Å². The first-order valence-corrected chi connectivity index (χ1v) is 9.69. The highest BCUT2D eigenvalue weighted by Gasteiger charge is 2.32. The molecule has 0 N–H and O–H groups in total. The third-order valence-corrected chi connectivity index (χ3v) is 6.43. The van der Waals surface area contributed by atoms with E-state index in [4.69, 9.17) is 9.47 Å². The van der Waals surface area contributed by atoms with Gasteiger partial charge in [0.05, 0.1) is 25.5 Å². The van der Waals surface area contributed by atoms with Crippen molar-refractivity contribution in [3.8, 4) is 0 Å². The van der Waals surface area contributed by atoms with Gasteiger partial charge >= 0.3 is 4.87 Å². The van der Waals surface area contributed by atoms with Crippen LogP contribution in [-0.4, -0.2) is 48.0 Å². The summed E-state index contributed by atoms with van der Waals surface area (Å²) in [4.78, 5) is 16.3. The first-order chi connectivity index (χ1) is 11.2. The van der Waals surface area contributed by atoms with Gasteiger partial charge in [-0.25, -0.2) is 0 Å². The molecule has 23 heavy (non-hydrogen) atoms. The topological polar surface area (TPSA) is 43.7 Å². The summed E-state index contributed by atoms with van der Waals surface area (Å²) >= 11 is 1.46. The molecule has 2 fully saturated rings. The fraction of sp³-hybridized carbons (Fsp3) is 0.824. The average molecular weight is 338 g/mol. The van der Waals surface area contributed by atoms with Crippen molar-refractivity contribution in [2.75, 3.05) is 26.3 Å². The van der Waals surface area contributed by atoms with Gasteiger partial charge in [0, 0.05) is 30.3 Å². The zero-order valence-electron chi connectivity index (χ0n) is 13.8. The van der Waals surface area contributed by atoms with Crippen LogP contribution in [0.1, 0.15) is 36.8 Å². The normalized spacial score (nSPS) is 32.1. The minimum atomic E-state index is 0.163. The Labute approximate surface area is 141 Å². The fourth-order valence-corrected chi connectivity index (χ4v) is 5.23. The third kappa shape index (κ3) is 3.27. The molecular formula is C17H26N2O3S. The highest BCUT2D eigenvalue weighted by atomic mass is 32.1. The van der Waals surface area contributed by atoms with Crippen LogP contribution >= 0.6 is 11.3 Å². The van der Waals surface area contributed by atoms with Crippen LogP contribution in [0.2, 0.25) is 0 Å². The van der Waals surface area contributed by atoms with E-state index in [9.17, 15) is 4.79 Å². The summed E-state index contributed by atoms with van der Waals surface area (Å²) in [5.74, 6) is 0.710. The lowest BCUT2D eigenvalue weighted by Gasteiger charge is -2.35. The fourth-order valence-electron chi connectivity index (χ4n) is 4.04. The van der Waals surface area contributed by atoms with Crippen molar-refractivity contribution in [3.63, 3.8) is 0 Å². The molecule has 2 aliphatic heterocycles. The predicted octanol–water partition coefficient (Wildman–Crippen LogP) is 1.87. The average Bonchev–Trinajstić information content (AvgIpc) is 3.17. The van der Waals surface area contributed by atoms with Crippen LogP contribution < -0.4 is 4.87 Å². The van der Waals surface area contributed by atoms with E-state index >= 15 is 0 Å². The Hall–Kier alpha value is -0.690. The van der Waals surface area contributed by atoms with Crippen molar-refractivity contribution < 1.29 is 9.47 Å². The lowest BCUT2D eigenvalue weighted by molar-refractivity contribution is -0.100. The van der Waals surface area contributed by atoms with Gasteiger partial charge in [-0.15, -0.1) is 0 Å². The Morgan fingerprint density at radius 2 is 2.09 bits per heavy atom. The maximum absolute atomic E-state index is 12.4. The molecule has 1 aliphatic carbocycles. The summed E-state index contributed by atoms with van der Waals surface area (Å²) in [6.07, 6.45) is 5.97. The molecule has 0 saturated carbocycles. The lowest BCUT2D eigenvalue weighted by Crippen LogP contribution is -2.48. The summed E-state index contributed by atoms with van der Waals surface area (Å²) in [5, 5.41) is 0. The van der Waals surface area contributed by atoms with Crippen LogP contribution in [0.3, 0.4) is 0 Å². The van der Waals surface area contributed by atoms with Crippen LogP contribution in [0.5, 0.6) is 0 Å². The van der Waals surface area contributed by atoms with E-state index in [1.54, 1.807) is 0 Å². The van der Waals surface area contributed by atoms with Crippen molar-refractivity contribution in [2.24, 2.45) is 5.92 Å². The van der Waals surface area contributed by atoms with E-state index in [0.29, 0.717) is 12.6 Å². The summed E-state index contributed by atoms with van der Waals surface area (Å²) in [6, 6.07) is 0. The van der Waals surface area contributed by atoms with Crippen LogP contribution in [-0.2, 0) is 29.0 Å². The molecule has 3 heterocycles. The Morgan fingerprint density at radius 3 is 2.91 bits per heavy atom. The van der Waals surface area contributed by atoms with E-state index in [1.807, 2.05) is 4.57 Å². The number of aromatic nitrogens is 1. The summed E-state index contributed by atoms with van der Waals surface area (Å²) in [5.41, 5.74) is 1.29. The van der Waals surface area contributed by atoms with Crippen LogP contribution in [0.25, 0.3) is 0 Å².